The Labute approximate surface area is 279 Å². The Hall–Kier alpha value is -6.79. The maximum Gasteiger partial charge on any atom is 0.235 e. The monoisotopic (exact) mass is 626 g/mol. The van der Waals surface area contributed by atoms with Crippen molar-refractivity contribution in [2.45, 2.75) is 0 Å². The van der Waals surface area contributed by atoms with Crippen molar-refractivity contribution < 1.29 is 0 Å². The maximum atomic E-state index is 5.41. The Kier molecular flexibility index (Phi) is 5.29. The third-order valence-electron chi connectivity index (χ3n) is 9.81. The van der Waals surface area contributed by atoms with E-state index in [0.717, 1.165) is 88.3 Å². The van der Waals surface area contributed by atoms with Gasteiger partial charge in [-0.3, -0.25) is 13.5 Å². The number of hydrogen-bond donors (Lipinski definition) is 0. The summed E-state index contributed by atoms with van der Waals surface area (Å²) in [5.74, 6) is 0.627. The van der Waals surface area contributed by atoms with Gasteiger partial charge in [0.2, 0.25) is 5.95 Å². The molecule has 0 amide bonds. The second-order valence-electron chi connectivity index (χ2n) is 12.5. The summed E-state index contributed by atoms with van der Waals surface area (Å²) in [6.07, 6.45) is 0. The minimum Gasteiger partial charge on any atom is -0.295 e. The lowest BCUT2D eigenvalue weighted by atomic mass is 10.1. The number of pyridine rings is 1. The largest absolute Gasteiger partial charge is 0.295 e. The van der Waals surface area contributed by atoms with E-state index < -0.39 is 0 Å². The highest BCUT2D eigenvalue weighted by atomic mass is 15.2. The molecular weight excluding hydrogens is 601 g/mol. The van der Waals surface area contributed by atoms with Gasteiger partial charge in [-0.15, -0.1) is 0 Å². The van der Waals surface area contributed by atoms with Crippen molar-refractivity contribution in [3.05, 3.63) is 158 Å². The molecule has 228 valence electrons. The Morgan fingerprint density at radius 1 is 0.408 bits per heavy atom. The second kappa shape index (κ2) is 9.86. The second-order valence-corrected chi connectivity index (χ2v) is 12.5. The molecular formula is C43H26N6. The topological polar surface area (TPSA) is 52.9 Å². The summed E-state index contributed by atoms with van der Waals surface area (Å²) in [5.41, 5.74) is 11.1. The molecule has 0 saturated heterocycles. The number of benzene rings is 6. The molecule has 11 rings (SSSR count). The van der Waals surface area contributed by atoms with Crippen molar-refractivity contribution in [2.75, 3.05) is 0 Å². The van der Waals surface area contributed by atoms with Crippen LogP contribution < -0.4 is 0 Å². The molecule has 0 spiro atoms. The van der Waals surface area contributed by atoms with Crippen LogP contribution in [-0.4, -0.2) is 28.5 Å². The first-order valence-electron chi connectivity index (χ1n) is 16.5. The van der Waals surface area contributed by atoms with Crippen LogP contribution in [0, 0.1) is 0 Å². The molecule has 0 aliphatic carbocycles. The van der Waals surface area contributed by atoms with Crippen LogP contribution in [0.4, 0.5) is 0 Å². The molecule has 5 heterocycles. The van der Waals surface area contributed by atoms with E-state index in [2.05, 4.69) is 159 Å². The Bertz CT molecular complexity index is 3100. The fraction of sp³-hybridized carbons (Fsp3) is 0. The molecule has 0 bridgehead atoms. The summed E-state index contributed by atoms with van der Waals surface area (Å²) >= 11 is 0. The lowest BCUT2D eigenvalue weighted by Crippen LogP contribution is -2.04. The van der Waals surface area contributed by atoms with Gasteiger partial charge in [0.25, 0.3) is 0 Å². The number of nitrogens with zero attached hydrogens (tertiary/aromatic N) is 6. The smallest absolute Gasteiger partial charge is 0.235 e. The zero-order valence-corrected chi connectivity index (χ0v) is 26.2. The molecule has 6 nitrogen and oxygen atoms in total. The molecule has 0 radical (unpaired) electrons. The number of aromatic nitrogens is 6. The summed E-state index contributed by atoms with van der Waals surface area (Å²) in [4.78, 5) is 16.1. The van der Waals surface area contributed by atoms with E-state index in [9.17, 15) is 0 Å². The van der Waals surface area contributed by atoms with Crippen molar-refractivity contribution in [3.8, 4) is 22.9 Å². The van der Waals surface area contributed by atoms with Gasteiger partial charge in [0, 0.05) is 27.4 Å². The molecule has 5 aromatic heterocycles. The molecule has 0 atom stereocenters. The number of para-hydroxylation sites is 6. The zero-order chi connectivity index (χ0) is 32.1. The van der Waals surface area contributed by atoms with Gasteiger partial charge in [0.15, 0.2) is 0 Å². The molecule has 0 saturated carbocycles. The van der Waals surface area contributed by atoms with E-state index in [4.69, 9.17) is 15.0 Å². The quantitative estimate of drug-likeness (QED) is 0.196. The molecule has 0 aliphatic heterocycles. The molecule has 11 aromatic rings. The lowest BCUT2D eigenvalue weighted by molar-refractivity contribution is 1.02. The van der Waals surface area contributed by atoms with E-state index in [1.54, 1.807) is 0 Å². The lowest BCUT2D eigenvalue weighted by Gasteiger charge is -2.13. The highest BCUT2D eigenvalue weighted by Gasteiger charge is 2.27. The number of hydrogen-bond acceptors (Lipinski definition) is 3. The van der Waals surface area contributed by atoms with Gasteiger partial charge < -0.3 is 0 Å². The predicted molar refractivity (Wildman–Crippen MR) is 200 cm³/mol. The molecule has 0 aliphatic rings. The summed E-state index contributed by atoms with van der Waals surface area (Å²) in [6.45, 7) is 0. The third-order valence-corrected chi connectivity index (χ3v) is 9.81. The van der Waals surface area contributed by atoms with E-state index in [-0.39, 0.29) is 0 Å². The molecule has 6 aromatic carbocycles. The van der Waals surface area contributed by atoms with E-state index in [1.165, 1.54) is 0 Å². The van der Waals surface area contributed by atoms with Crippen LogP contribution in [0.5, 0.6) is 0 Å². The molecule has 0 unspecified atom stereocenters. The molecule has 49 heavy (non-hydrogen) atoms. The fourth-order valence-electron chi connectivity index (χ4n) is 7.81. The minimum absolute atomic E-state index is 0.627. The van der Waals surface area contributed by atoms with Crippen molar-refractivity contribution in [1.82, 2.24) is 28.5 Å². The van der Waals surface area contributed by atoms with Crippen LogP contribution in [0.1, 0.15) is 0 Å². The summed E-state index contributed by atoms with van der Waals surface area (Å²) in [6, 6.07) is 55.0. The predicted octanol–water partition coefficient (Wildman–Crippen LogP) is 10.3. The minimum atomic E-state index is 0.627. The van der Waals surface area contributed by atoms with Gasteiger partial charge in [0.05, 0.1) is 49.6 Å². The molecule has 0 fully saturated rings. The first kappa shape index (κ1) is 26.3. The molecule has 0 N–H and O–H groups in total. The van der Waals surface area contributed by atoms with Crippen LogP contribution in [0.25, 0.3) is 94.2 Å². The van der Waals surface area contributed by atoms with Crippen LogP contribution >= 0.6 is 0 Å². The van der Waals surface area contributed by atoms with Crippen LogP contribution in [-0.2, 0) is 0 Å². The summed E-state index contributed by atoms with van der Waals surface area (Å²) in [5, 5.41) is 5.48. The highest BCUT2D eigenvalue weighted by Crippen LogP contribution is 2.44. The average molecular weight is 627 g/mol. The van der Waals surface area contributed by atoms with Crippen LogP contribution in [0.2, 0.25) is 0 Å². The van der Waals surface area contributed by atoms with Gasteiger partial charge >= 0.3 is 0 Å². The fourth-order valence-corrected chi connectivity index (χ4v) is 7.81. The Morgan fingerprint density at radius 2 is 0.980 bits per heavy atom. The summed E-state index contributed by atoms with van der Waals surface area (Å²) in [7, 11) is 0. The maximum absolute atomic E-state index is 5.41. The van der Waals surface area contributed by atoms with Crippen LogP contribution in [0.15, 0.2) is 158 Å². The first-order chi connectivity index (χ1) is 24.3. The van der Waals surface area contributed by atoms with Crippen molar-refractivity contribution in [1.29, 1.82) is 0 Å². The standard InChI is InChI=1S/C43H26N6/c1-3-15-27(16-4-1)39-29-19-7-10-22-32(29)45-43(46-39)48-35-25-13-8-20-30(35)37-40(48)38-31-21-9-12-24-34(31)47(28-17-5-2-6-18-28)42(38)49-36-26-14-11-23-33(36)44-41(37)49/h1-26H. The zero-order valence-electron chi connectivity index (χ0n) is 26.2. The number of rotatable bonds is 3. The van der Waals surface area contributed by atoms with Crippen molar-refractivity contribution in [2.24, 2.45) is 0 Å². The Balaban J connectivity index is 1.44. The summed E-state index contributed by atoms with van der Waals surface area (Å²) < 4.78 is 7.00. The van der Waals surface area contributed by atoms with Crippen molar-refractivity contribution in [3.63, 3.8) is 0 Å². The first-order valence-corrected chi connectivity index (χ1v) is 16.5. The van der Waals surface area contributed by atoms with Crippen molar-refractivity contribution >= 4 is 71.3 Å². The van der Waals surface area contributed by atoms with E-state index in [1.807, 2.05) is 12.1 Å². The van der Waals surface area contributed by atoms with Gasteiger partial charge in [-0.1, -0.05) is 115 Å². The van der Waals surface area contributed by atoms with Crippen LogP contribution in [0.3, 0.4) is 0 Å². The third kappa shape index (κ3) is 3.57. The van der Waals surface area contributed by atoms with E-state index in [0.29, 0.717) is 5.95 Å². The van der Waals surface area contributed by atoms with Gasteiger partial charge in [0.1, 0.15) is 11.3 Å². The number of imidazole rings is 1. The van der Waals surface area contributed by atoms with Gasteiger partial charge in [-0.2, -0.15) is 0 Å². The molecule has 6 heteroatoms. The average Bonchev–Trinajstić information content (AvgIpc) is 3.83. The van der Waals surface area contributed by atoms with Gasteiger partial charge in [-0.05, 0) is 42.5 Å². The highest BCUT2D eigenvalue weighted by molar-refractivity contribution is 6.29. The SMILES string of the molecule is c1ccc(-c2nc(-n3c4ccccc4c4c3c3c5ccccc5n(-c5ccccc5)c3n3c5ccccc5nc43)nc3ccccc23)cc1. The normalized spacial score (nSPS) is 12.1. The Morgan fingerprint density at radius 3 is 1.73 bits per heavy atom. The number of fused-ring (bicyclic) bond motifs is 13. The van der Waals surface area contributed by atoms with Gasteiger partial charge in [-0.25, -0.2) is 15.0 Å². The van der Waals surface area contributed by atoms with E-state index >= 15 is 0 Å².